The topological polar surface area (TPSA) is 144 Å². The summed E-state index contributed by atoms with van der Waals surface area (Å²) in [5.74, 6) is -5.35. The second-order valence-corrected chi connectivity index (χ2v) is 7.73. The standard InChI is InChI=1S/C23H12F3N3O7/c24-12-3-2-10-20-22(19(12)26)36-18-6-15(27-14-4-1-9(29(34)35)5-13(14)25)17(30)7-16(18)28(20)8-11(21(10)31)23(32)33/h1-8,12,27,30H,(H,32,33). The van der Waals surface area contributed by atoms with Gasteiger partial charge in [-0.2, -0.15) is 0 Å². The fraction of sp³-hybridized carbons (Fsp3) is 0.0435. The van der Waals surface area contributed by atoms with Crippen LogP contribution in [0.3, 0.4) is 0 Å². The average molecular weight is 499 g/mol. The number of allylic oxidation sites excluding steroid dienone is 2. The van der Waals surface area contributed by atoms with E-state index in [1.165, 1.54) is 0 Å². The van der Waals surface area contributed by atoms with Crippen molar-refractivity contribution in [3.63, 3.8) is 0 Å². The van der Waals surface area contributed by atoms with Crippen molar-refractivity contribution in [3.05, 3.63) is 91.4 Å². The Labute approximate surface area is 197 Å². The number of benzene rings is 2. The number of phenolic OH excluding ortho intramolecular Hbond substituents is 1. The summed E-state index contributed by atoms with van der Waals surface area (Å²) in [7, 11) is 0. The van der Waals surface area contributed by atoms with Crippen LogP contribution < -0.4 is 15.5 Å². The third-order valence-electron chi connectivity index (χ3n) is 5.56. The number of pyridine rings is 1. The van der Waals surface area contributed by atoms with Crippen LogP contribution in [-0.4, -0.2) is 31.8 Å². The van der Waals surface area contributed by atoms with Crippen LogP contribution in [0, 0.1) is 15.9 Å². The molecule has 0 amide bonds. The number of aromatic nitrogens is 1. The molecular formula is C23H12F3N3O7. The Morgan fingerprint density at radius 3 is 2.61 bits per heavy atom. The fourth-order valence-corrected chi connectivity index (χ4v) is 3.87. The molecule has 0 spiro atoms. The van der Waals surface area contributed by atoms with Crippen LogP contribution in [0.4, 0.5) is 30.2 Å². The van der Waals surface area contributed by atoms with Crippen molar-refractivity contribution in [1.29, 1.82) is 0 Å². The lowest BCUT2D eigenvalue weighted by Crippen LogP contribution is -2.26. The molecule has 10 nitrogen and oxygen atoms in total. The zero-order chi connectivity index (χ0) is 25.9. The molecule has 2 aromatic carbocycles. The highest BCUT2D eigenvalue weighted by Gasteiger charge is 2.34. The Morgan fingerprint density at radius 2 is 1.94 bits per heavy atom. The van der Waals surface area contributed by atoms with Crippen LogP contribution in [0.5, 0.6) is 11.5 Å². The third kappa shape index (κ3) is 3.45. The molecule has 2 heterocycles. The van der Waals surface area contributed by atoms with Crippen molar-refractivity contribution >= 4 is 34.9 Å². The minimum Gasteiger partial charge on any atom is -0.506 e. The lowest BCUT2D eigenvalue weighted by atomic mass is 10.0. The molecule has 1 aromatic heterocycles. The number of fused-ring (bicyclic) bond motifs is 2. The molecule has 2 aliphatic rings. The molecule has 1 unspecified atom stereocenters. The number of ether oxygens (including phenoxy) is 1. The van der Waals surface area contributed by atoms with Crippen LogP contribution >= 0.6 is 0 Å². The van der Waals surface area contributed by atoms with Gasteiger partial charge in [0.1, 0.15) is 17.0 Å². The highest BCUT2D eigenvalue weighted by atomic mass is 19.2. The molecule has 3 N–H and O–H groups in total. The Morgan fingerprint density at radius 1 is 1.19 bits per heavy atom. The molecule has 3 aromatic rings. The molecule has 0 saturated carbocycles. The van der Waals surface area contributed by atoms with Gasteiger partial charge in [0.25, 0.3) is 5.69 Å². The van der Waals surface area contributed by atoms with Crippen LogP contribution in [-0.2, 0) is 0 Å². The molecule has 5 rings (SSSR count). The Hall–Kier alpha value is -5.07. The van der Waals surface area contributed by atoms with E-state index in [4.69, 9.17) is 4.74 Å². The number of hydrogen-bond acceptors (Lipinski definition) is 7. The minimum atomic E-state index is -2.29. The maximum Gasteiger partial charge on any atom is 0.341 e. The fourth-order valence-electron chi connectivity index (χ4n) is 3.87. The summed E-state index contributed by atoms with van der Waals surface area (Å²) in [6, 6.07) is 4.94. The first-order valence-electron chi connectivity index (χ1n) is 10.1. The summed E-state index contributed by atoms with van der Waals surface area (Å²) in [6.07, 6.45) is 0.297. The first-order valence-corrected chi connectivity index (χ1v) is 10.1. The van der Waals surface area contributed by atoms with E-state index < -0.39 is 56.9 Å². The zero-order valence-corrected chi connectivity index (χ0v) is 17.7. The van der Waals surface area contributed by atoms with E-state index in [-0.39, 0.29) is 34.1 Å². The smallest absolute Gasteiger partial charge is 0.341 e. The number of carbonyl (C=O) groups is 1. The predicted octanol–water partition coefficient (Wildman–Crippen LogP) is 4.43. The van der Waals surface area contributed by atoms with E-state index in [9.17, 15) is 43.1 Å². The number of phenols is 1. The van der Waals surface area contributed by atoms with E-state index in [0.717, 1.165) is 47.2 Å². The minimum absolute atomic E-state index is 0.0248. The number of nitrogens with one attached hydrogen (secondary N) is 1. The SMILES string of the molecule is O=C(O)c1cn2c3c(c1=O)C=CC(F)C(F)=C3Oc1cc(Nc3ccc([N+](=O)[O-])cc3F)c(O)cc1-2. The number of anilines is 2. The molecule has 0 saturated heterocycles. The van der Waals surface area contributed by atoms with E-state index in [0.29, 0.717) is 6.07 Å². The van der Waals surface area contributed by atoms with Gasteiger partial charge in [0.2, 0.25) is 5.43 Å². The monoisotopic (exact) mass is 499 g/mol. The van der Waals surface area contributed by atoms with Crippen LogP contribution in [0.15, 0.2) is 53.2 Å². The van der Waals surface area contributed by atoms with Crippen molar-refractivity contribution in [2.45, 2.75) is 6.17 Å². The van der Waals surface area contributed by atoms with Gasteiger partial charge in [0, 0.05) is 24.4 Å². The summed E-state index contributed by atoms with van der Waals surface area (Å²) in [4.78, 5) is 34.4. The number of hydrogen-bond donors (Lipinski definition) is 3. The normalized spacial score (nSPS) is 15.5. The van der Waals surface area contributed by atoms with E-state index in [1.54, 1.807) is 0 Å². The molecule has 0 radical (unpaired) electrons. The molecule has 1 atom stereocenters. The second-order valence-electron chi connectivity index (χ2n) is 7.73. The number of non-ortho nitro benzene ring substituents is 1. The van der Waals surface area contributed by atoms with Crippen LogP contribution in [0.25, 0.3) is 17.5 Å². The maximum atomic E-state index is 14.9. The Kier molecular flexibility index (Phi) is 5.05. The van der Waals surface area contributed by atoms with Crippen molar-refractivity contribution in [2.24, 2.45) is 0 Å². The molecular weight excluding hydrogens is 487 g/mol. The molecule has 36 heavy (non-hydrogen) atoms. The summed E-state index contributed by atoms with van der Waals surface area (Å²) >= 11 is 0. The molecule has 1 aliphatic heterocycles. The summed E-state index contributed by atoms with van der Waals surface area (Å²) in [6.45, 7) is 0. The van der Waals surface area contributed by atoms with Gasteiger partial charge in [-0.05, 0) is 18.2 Å². The largest absolute Gasteiger partial charge is 0.506 e. The molecule has 0 fully saturated rings. The van der Waals surface area contributed by atoms with Crippen LogP contribution in [0.2, 0.25) is 0 Å². The van der Waals surface area contributed by atoms with Crippen molar-refractivity contribution in [3.8, 4) is 17.2 Å². The van der Waals surface area contributed by atoms with Gasteiger partial charge in [0.05, 0.1) is 33.6 Å². The highest BCUT2D eigenvalue weighted by molar-refractivity contribution is 5.90. The maximum absolute atomic E-state index is 14.9. The number of aromatic carboxylic acids is 1. The van der Waals surface area contributed by atoms with Gasteiger partial charge < -0.3 is 24.8 Å². The van der Waals surface area contributed by atoms with Gasteiger partial charge in [-0.3, -0.25) is 14.9 Å². The first-order chi connectivity index (χ1) is 17.1. The summed E-state index contributed by atoms with van der Waals surface area (Å²) in [5, 5.41) is 33.4. The number of carboxylic acid groups (broad SMARTS) is 1. The quantitative estimate of drug-likeness (QED) is 0.272. The third-order valence-corrected chi connectivity index (χ3v) is 5.56. The highest BCUT2D eigenvalue weighted by Crippen LogP contribution is 2.44. The van der Waals surface area contributed by atoms with E-state index >= 15 is 0 Å². The van der Waals surface area contributed by atoms with Gasteiger partial charge in [-0.25, -0.2) is 18.0 Å². The Balaban J connectivity index is 1.70. The van der Waals surface area contributed by atoms with Gasteiger partial charge in [-0.15, -0.1) is 0 Å². The second kappa shape index (κ2) is 8.01. The van der Waals surface area contributed by atoms with Gasteiger partial charge in [0.15, 0.2) is 29.3 Å². The number of halogens is 3. The number of nitrogens with zero attached hydrogens (tertiary/aromatic N) is 2. The number of rotatable bonds is 4. The Bertz CT molecular complexity index is 1630. The van der Waals surface area contributed by atoms with Gasteiger partial charge in [-0.1, -0.05) is 0 Å². The molecule has 0 bridgehead atoms. The van der Waals surface area contributed by atoms with E-state index in [2.05, 4.69) is 5.32 Å². The zero-order valence-electron chi connectivity index (χ0n) is 17.7. The molecule has 182 valence electrons. The predicted molar refractivity (Wildman–Crippen MR) is 120 cm³/mol. The average Bonchev–Trinajstić information content (AvgIpc) is 2.95. The van der Waals surface area contributed by atoms with Crippen molar-refractivity contribution in [1.82, 2.24) is 4.57 Å². The van der Waals surface area contributed by atoms with Crippen molar-refractivity contribution < 1.29 is 37.8 Å². The van der Waals surface area contributed by atoms with Gasteiger partial charge >= 0.3 is 5.97 Å². The summed E-state index contributed by atoms with van der Waals surface area (Å²) in [5.41, 5.74) is -3.23. The van der Waals surface area contributed by atoms with E-state index in [1.807, 2.05) is 0 Å². The number of alkyl halides is 1. The first kappa shape index (κ1) is 22.7. The number of nitro benzene ring substituents is 1. The number of aromatic hydroxyl groups is 1. The number of carboxylic acids is 1. The molecule has 1 aliphatic carbocycles. The lowest BCUT2D eigenvalue weighted by molar-refractivity contribution is -0.385. The van der Waals surface area contributed by atoms with Crippen LogP contribution in [0.1, 0.15) is 21.6 Å². The van der Waals surface area contributed by atoms with Crippen molar-refractivity contribution in [2.75, 3.05) is 5.32 Å². The molecule has 13 heteroatoms. The number of nitro groups is 1. The summed E-state index contributed by atoms with van der Waals surface area (Å²) < 4.78 is 50.2. The lowest BCUT2D eigenvalue weighted by Gasteiger charge is -2.27.